The number of hydrogen-bond acceptors (Lipinski definition) is 8. The van der Waals surface area contributed by atoms with Crippen LogP contribution in [0.4, 0.5) is 10.8 Å². The van der Waals surface area contributed by atoms with Gasteiger partial charge in [-0.1, -0.05) is 18.9 Å². The van der Waals surface area contributed by atoms with Crippen LogP contribution in [0.15, 0.2) is 33.6 Å². The Labute approximate surface area is 180 Å². The van der Waals surface area contributed by atoms with Gasteiger partial charge in [0.1, 0.15) is 0 Å². The lowest BCUT2D eigenvalue weighted by Crippen LogP contribution is -2.50. The number of anilines is 1. The van der Waals surface area contributed by atoms with Crippen molar-refractivity contribution in [2.75, 3.05) is 38.1 Å². The van der Waals surface area contributed by atoms with Crippen molar-refractivity contribution in [2.24, 2.45) is 0 Å². The third-order valence-corrected chi connectivity index (χ3v) is 6.59. The van der Waals surface area contributed by atoms with E-state index in [1.165, 1.54) is 33.5 Å². The Hall–Kier alpha value is -2.99. The number of carbonyl (C=O) groups excluding carboxylic acids is 2. The Kier molecular flexibility index (Phi) is 6.91. The van der Waals surface area contributed by atoms with Crippen molar-refractivity contribution < 1.29 is 27.2 Å². The Bertz CT molecular complexity index is 1030. The molecule has 1 fully saturated rings. The number of ether oxygens (including phenoxy) is 1. The van der Waals surface area contributed by atoms with E-state index in [9.17, 15) is 18.0 Å². The molecule has 3 rings (SSSR count). The van der Waals surface area contributed by atoms with E-state index >= 15 is 0 Å². The van der Waals surface area contributed by atoms with E-state index in [1.54, 1.807) is 6.92 Å². The van der Waals surface area contributed by atoms with Gasteiger partial charge in [0, 0.05) is 37.7 Å². The normalized spacial score (nSPS) is 15.2. The first-order chi connectivity index (χ1) is 14.7. The molecule has 0 atom stereocenters. The maximum absolute atomic E-state index is 12.9. The average Bonchev–Trinajstić information content (AvgIpc) is 3.23. The Morgan fingerprint density at radius 2 is 1.77 bits per heavy atom. The van der Waals surface area contributed by atoms with Crippen LogP contribution < -0.4 is 5.32 Å². The summed E-state index contributed by atoms with van der Waals surface area (Å²) >= 11 is 0. The molecule has 2 aromatic rings. The van der Waals surface area contributed by atoms with Gasteiger partial charge in [-0.15, -0.1) is 5.10 Å². The number of benzene rings is 1. The highest BCUT2D eigenvalue weighted by Gasteiger charge is 2.30. The van der Waals surface area contributed by atoms with Crippen LogP contribution in [0.2, 0.25) is 0 Å². The van der Waals surface area contributed by atoms with Crippen LogP contribution in [0, 0.1) is 0 Å². The molecule has 1 aromatic heterocycles. The summed E-state index contributed by atoms with van der Waals surface area (Å²) in [6.45, 7) is 6.58. The smallest absolute Gasteiger partial charge is 0.409 e. The molecule has 0 spiro atoms. The standard InChI is InChI=1S/C19H25N5O6S/c1-4-29-19(26)23-9-11-24(12-10-23)31(27,28)15-7-5-14(6-8-15)16(25)20-18-22-21-17(30-18)13(2)3/h5-8,13H,4,9-12H2,1-3H3,(H,20,22,25). The number of rotatable bonds is 6. The first-order valence-electron chi connectivity index (χ1n) is 9.89. The van der Waals surface area contributed by atoms with Crippen LogP contribution in [0.25, 0.3) is 0 Å². The molecule has 1 N–H and O–H groups in total. The van der Waals surface area contributed by atoms with Gasteiger partial charge in [0.15, 0.2) is 0 Å². The second-order valence-electron chi connectivity index (χ2n) is 7.17. The number of carbonyl (C=O) groups is 2. The van der Waals surface area contributed by atoms with Gasteiger partial charge in [0.2, 0.25) is 15.9 Å². The molecule has 0 bridgehead atoms. The van der Waals surface area contributed by atoms with E-state index in [0.717, 1.165) is 0 Å². The van der Waals surface area contributed by atoms with Crippen LogP contribution in [0.3, 0.4) is 0 Å². The van der Waals surface area contributed by atoms with E-state index in [2.05, 4.69) is 15.5 Å². The number of nitrogens with one attached hydrogen (secondary N) is 1. The highest BCUT2D eigenvalue weighted by molar-refractivity contribution is 7.89. The molecule has 1 aliphatic heterocycles. The second-order valence-corrected chi connectivity index (χ2v) is 9.11. The molecule has 1 aromatic carbocycles. The predicted octanol–water partition coefficient (Wildman–Crippen LogP) is 1.91. The fourth-order valence-corrected chi connectivity index (χ4v) is 4.36. The monoisotopic (exact) mass is 451 g/mol. The third kappa shape index (κ3) is 5.20. The van der Waals surface area contributed by atoms with Gasteiger partial charge in [-0.3, -0.25) is 10.1 Å². The SMILES string of the molecule is CCOC(=O)N1CCN(S(=O)(=O)c2ccc(C(=O)Nc3nnc(C(C)C)o3)cc2)CC1. The number of hydrogen-bond donors (Lipinski definition) is 1. The van der Waals surface area contributed by atoms with Crippen LogP contribution in [-0.4, -0.2) is 72.6 Å². The topological polar surface area (TPSA) is 135 Å². The van der Waals surface area contributed by atoms with E-state index in [-0.39, 0.29) is 55.2 Å². The Balaban J connectivity index is 1.63. The molecule has 31 heavy (non-hydrogen) atoms. The van der Waals surface area contributed by atoms with E-state index in [4.69, 9.17) is 9.15 Å². The number of aromatic nitrogens is 2. The predicted molar refractivity (Wildman–Crippen MR) is 110 cm³/mol. The summed E-state index contributed by atoms with van der Waals surface area (Å²) < 4.78 is 37.4. The summed E-state index contributed by atoms with van der Waals surface area (Å²) in [5.74, 6) is -0.0625. The van der Waals surface area contributed by atoms with Crippen LogP contribution in [0.5, 0.6) is 0 Å². The van der Waals surface area contributed by atoms with Crippen molar-refractivity contribution in [1.29, 1.82) is 0 Å². The van der Waals surface area contributed by atoms with Gasteiger partial charge in [0.05, 0.1) is 11.5 Å². The average molecular weight is 452 g/mol. The number of sulfonamides is 1. The summed E-state index contributed by atoms with van der Waals surface area (Å²) in [4.78, 5) is 25.7. The first kappa shape index (κ1) is 22.7. The molecule has 168 valence electrons. The maximum Gasteiger partial charge on any atom is 0.409 e. The first-order valence-corrected chi connectivity index (χ1v) is 11.3. The minimum absolute atomic E-state index is 0.0233. The van der Waals surface area contributed by atoms with Gasteiger partial charge >= 0.3 is 12.1 Å². The van der Waals surface area contributed by atoms with E-state index < -0.39 is 22.0 Å². The van der Waals surface area contributed by atoms with Crippen molar-refractivity contribution in [3.8, 4) is 0 Å². The minimum Gasteiger partial charge on any atom is -0.450 e. The summed E-state index contributed by atoms with van der Waals surface area (Å²) in [6, 6.07) is 5.54. The lowest BCUT2D eigenvalue weighted by molar-refractivity contribution is 0.0933. The zero-order chi connectivity index (χ0) is 22.6. The molecule has 1 saturated heterocycles. The van der Waals surface area contributed by atoms with Crippen molar-refractivity contribution >= 4 is 28.0 Å². The zero-order valence-corrected chi connectivity index (χ0v) is 18.4. The third-order valence-electron chi connectivity index (χ3n) is 4.67. The molecule has 2 amide bonds. The molecule has 0 saturated carbocycles. The van der Waals surface area contributed by atoms with Gasteiger partial charge < -0.3 is 14.1 Å². The summed E-state index contributed by atoms with van der Waals surface area (Å²) in [7, 11) is -3.75. The van der Waals surface area contributed by atoms with Crippen molar-refractivity contribution in [2.45, 2.75) is 31.6 Å². The maximum atomic E-state index is 12.9. The summed E-state index contributed by atoms with van der Waals surface area (Å²) in [6.07, 6.45) is -0.448. The van der Waals surface area contributed by atoms with Crippen molar-refractivity contribution in [3.63, 3.8) is 0 Å². The quantitative estimate of drug-likeness (QED) is 0.704. The Morgan fingerprint density at radius 3 is 2.32 bits per heavy atom. The molecule has 0 aliphatic carbocycles. The molecule has 2 heterocycles. The van der Waals surface area contributed by atoms with Gasteiger partial charge in [-0.05, 0) is 31.2 Å². The van der Waals surface area contributed by atoms with E-state index in [0.29, 0.717) is 5.89 Å². The minimum atomic E-state index is -3.75. The molecular formula is C19H25N5O6S. The molecule has 0 unspecified atom stereocenters. The molecule has 0 radical (unpaired) electrons. The Morgan fingerprint density at radius 1 is 1.13 bits per heavy atom. The van der Waals surface area contributed by atoms with Gasteiger partial charge in [-0.2, -0.15) is 4.31 Å². The zero-order valence-electron chi connectivity index (χ0n) is 17.6. The molecular weight excluding hydrogens is 426 g/mol. The highest BCUT2D eigenvalue weighted by atomic mass is 32.2. The summed E-state index contributed by atoms with van der Waals surface area (Å²) in [5.41, 5.74) is 0.246. The van der Waals surface area contributed by atoms with Crippen molar-refractivity contribution in [3.05, 3.63) is 35.7 Å². The van der Waals surface area contributed by atoms with Gasteiger partial charge in [-0.25, -0.2) is 13.2 Å². The fraction of sp³-hybridized carbons (Fsp3) is 0.474. The summed E-state index contributed by atoms with van der Waals surface area (Å²) in [5, 5.41) is 10.1. The fourth-order valence-electron chi connectivity index (χ4n) is 2.94. The molecule has 11 nitrogen and oxygen atoms in total. The van der Waals surface area contributed by atoms with Gasteiger partial charge in [0.25, 0.3) is 5.91 Å². The second kappa shape index (κ2) is 9.43. The number of piperazine rings is 1. The highest BCUT2D eigenvalue weighted by Crippen LogP contribution is 2.20. The van der Waals surface area contributed by atoms with E-state index in [1.807, 2.05) is 13.8 Å². The largest absolute Gasteiger partial charge is 0.450 e. The lowest BCUT2D eigenvalue weighted by atomic mass is 10.2. The van der Waals surface area contributed by atoms with Crippen LogP contribution in [0.1, 0.15) is 42.9 Å². The number of amides is 2. The van der Waals surface area contributed by atoms with Crippen LogP contribution >= 0.6 is 0 Å². The molecule has 1 aliphatic rings. The van der Waals surface area contributed by atoms with Crippen LogP contribution in [-0.2, 0) is 14.8 Å². The van der Waals surface area contributed by atoms with Crippen molar-refractivity contribution in [1.82, 2.24) is 19.4 Å². The molecule has 12 heteroatoms. The number of nitrogens with zero attached hydrogens (tertiary/aromatic N) is 4. The lowest BCUT2D eigenvalue weighted by Gasteiger charge is -2.33.